The van der Waals surface area contributed by atoms with Gasteiger partial charge in [-0.15, -0.1) is 0 Å². The molecule has 0 aliphatic carbocycles. The number of esters is 1. The maximum absolute atomic E-state index is 11.2. The molecule has 111 valence electrons. The van der Waals surface area contributed by atoms with Crippen LogP contribution in [0.1, 0.15) is 45.4 Å². The molecule has 0 aromatic heterocycles. The summed E-state index contributed by atoms with van der Waals surface area (Å²) in [4.78, 5) is 13.7. The summed E-state index contributed by atoms with van der Waals surface area (Å²) in [5.74, 6) is -0.0729. The van der Waals surface area contributed by atoms with Crippen molar-refractivity contribution in [1.29, 1.82) is 0 Å². The van der Waals surface area contributed by atoms with Crippen molar-refractivity contribution in [3.8, 4) is 0 Å². The fraction of sp³-hybridized carbons (Fsp3) is 0.867. The third-order valence-electron chi connectivity index (χ3n) is 3.44. The fourth-order valence-electron chi connectivity index (χ4n) is 2.35. The lowest BCUT2D eigenvalue weighted by atomic mass is 10.1. The van der Waals surface area contributed by atoms with Gasteiger partial charge >= 0.3 is 5.97 Å². The standard InChI is InChI=1S/C15H28NO3/c1-3-5-9-16-10-12-18-13-14(16)8-6-11-19-15(17)7-4-2/h14H,1,3-13H2,2H3. The number of hydrogen-bond acceptors (Lipinski definition) is 4. The van der Waals surface area contributed by atoms with E-state index < -0.39 is 0 Å². The quantitative estimate of drug-likeness (QED) is 0.476. The third kappa shape index (κ3) is 6.92. The van der Waals surface area contributed by atoms with E-state index in [1.54, 1.807) is 0 Å². The molecule has 19 heavy (non-hydrogen) atoms. The summed E-state index contributed by atoms with van der Waals surface area (Å²) < 4.78 is 10.7. The summed E-state index contributed by atoms with van der Waals surface area (Å²) in [6.45, 7) is 10.2. The predicted molar refractivity (Wildman–Crippen MR) is 75.9 cm³/mol. The second-order valence-corrected chi connectivity index (χ2v) is 5.08. The van der Waals surface area contributed by atoms with Gasteiger partial charge < -0.3 is 9.47 Å². The van der Waals surface area contributed by atoms with Crippen LogP contribution in [0, 0.1) is 6.92 Å². The first kappa shape index (κ1) is 16.4. The smallest absolute Gasteiger partial charge is 0.305 e. The van der Waals surface area contributed by atoms with E-state index in [4.69, 9.17) is 9.47 Å². The van der Waals surface area contributed by atoms with Crippen LogP contribution in [0.5, 0.6) is 0 Å². The molecule has 4 heteroatoms. The molecule has 1 aliphatic heterocycles. The van der Waals surface area contributed by atoms with Crippen molar-refractivity contribution >= 4 is 5.97 Å². The van der Waals surface area contributed by atoms with E-state index in [0.29, 0.717) is 19.1 Å². The van der Waals surface area contributed by atoms with Crippen LogP contribution in [0.2, 0.25) is 0 Å². The van der Waals surface area contributed by atoms with Gasteiger partial charge in [0.2, 0.25) is 0 Å². The maximum atomic E-state index is 11.2. The van der Waals surface area contributed by atoms with Gasteiger partial charge in [-0.2, -0.15) is 0 Å². The summed E-state index contributed by atoms with van der Waals surface area (Å²) in [6.07, 6.45) is 5.47. The van der Waals surface area contributed by atoms with Gasteiger partial charge in [0.05, 0.1) is 19.8 Å². The molecule has 1 saturated heterocycles. The average Bonchev–Trinajstić information content (AvgIpc) is 2.42. The van der Waals surface area contributed by atoms with Crippen molar-refractivity contribution in [1.82, 2.24) is 4.90 Å². The first-order chi connectivity index (χ1) is 9.27. The first-order valence-corrected chi connectivity index (χ1v) is 7.54. The van der Waals surface area contributed by atoms with Crippen LogP contribution in [-0.2, 0) is 14.3 Å². The van der Waals surface area contributed by atoms with Gasteiger partial charge in [0, 0.05) is 19.0 Å². The first-order valence-electron chi connectivity index (χ1n) is 7.54. The van der Waals surface area contributed by atoms with E-state index in [1.807, 2.05) is 6.92 Å². The molecule has 0 spiro atoms. The van der Waals surface area contributed by atoms with E-state index in [0.717, 1.165) is 58.4 Å². The number of unbranched alkanes of at least 4 members (excludes halogenated alkanes) is 1. The summed E-state index contributed by atoms with van der Waals surface area (Å²) in [5.41, 5.74) is 0. The number of morpholine rings is 1. The van der Waals surface area contributed by atoms with Crippen LogP contribution in [0.4, 0.5) is 0 Å². The van der Waals surface area contributed by atoms with Gasteiger partial charge in [-0.05, 0) is 32.2 Å². The molecular weight excluding hydrogens is 242 g/mol. The molecule has 0 amide bonds. The molecular formula is C15H28NO3. The fourth-order valence-corrected chi connectivity index (χ4v) is 2.35. The highest BCUT2D eigenvalue weighted by Crippen LogP contribution is 2.13. The normalized spacial score (nSPS) is 20.4. The number of ether oxygens (including phenoxy) is 2. The molecule has 1 atom stereocenters. The van der Waals surface area contributed by atoms with Crippen molar-refractivity contribution in [2.24, 2.45) is 0 Å². The number of carbonyl (C=O) groups excluding carboxylic acids is 1. The highest BCUT2D eigenvalue weighted by molar-refractivity contribution is 5.69. The molecule has 1 heterocycles. The van der Waals surface area contributed by atoms with Crippen LogP contribution in [0.15, 0.2) is 0 Å². The second kappa shape index (κ2) is 10.2. The van der Waals surface area contributed by atoms with Gasteiger partial charge in [-0.1, -0.05) is 20.3 Å². The molecule has 0 aromatic carbocycles. The molecule has 1 unspecified atom stereocenters. The van der Waals surface area contributed by atoms with Gasteiger partial charge in [0.1, 0.15) is 0 Å². The Labute approximate surface area is 117 Å². The highest BCUT2D eigenvalue weighted by atomic mass is 16.5. The van der Waals surface area contributed by atoms with E-state index in [-0.39, 0.29) is 5.97 Å². The molecule has 1 fully saturated rings. The summed E-state index contributed by atoms with van der Waals surface area (Å²) in [6, 6.07) is 0.477. The van der Waals surface area contributed by atoms with Crippen molar-refractivity contribution in [2.45, 2.75) is 51.5 Å². The number of carbonyl (C=O) groups is 1. The third-order valence-corrected chi connectivity index (χ3v) is 3.44. The Morgan fingerprint density at radius 2 is 2.32 bits per heavy atom. The Bertz CT molecular complexity index is 246. The van der Waals surface area contributed by atoms with Crippen LogP contribution in [-0.4, -0.2) is 49.8 Å². The Balaban J connectivity index is 2.16. The minimum Gasteiger partial charge on any atom is -0.466 e. The van der Waals surface area contributed by atoms with E-state index in [1.165, 1.54) is 0 Å². The lowest BCUT2D eigenvalue weighted by Crippen LogP contribution is -2.45. The monoisotopic (exact) mass is 270 g/mol. The Hall–Kier alpha value is -0.610. The van der Waals surface area contributed by atoms with Crippen molar-refractivity contribution in [3.05, 3.63) is 6.92 Å². The van der Waals surface area contributed by atoms with Crippen LogP contribution in [0.25, 0.3) is 0 Å². The van der Waals surface area contributed by atoms with Gasteiger partial charge in [0.15, 0.2) is 0 Å². The lowest BCUT2D eigenvalue weighted by molar-refractivity contribution is -0.143. The number of rotatable bonds is 9. The summed E-state index contributed by atoms with van der Waals surface area (Å²) >= 11 is 0. The van der Waals surface area contributed by atoms with E-state index in [2.05, 4.69) is 11.8 Å². The summed E-state index contributed by atoms with van der Waals surface area (Å²) in [5, 5.41) is 0. The van der Waals surface area contributed by atoms with Gasteiger partial charge in [-0.3, -0.25) is 9.69 Å². The van der Waals surface area contributed by atoms with Gasteiger partial charge in [0.25, 0.3) is 0 Å². The average molecular weight is 270 g/mol. The minimum atomic E-state index is -0.0729. The predicted octanol–water partition coefficient (Wildman–Crippen LogP) is 2.42. The summed E-state index contributed by atoms with van der Waals surface area (Å²) in [7, 11) is 0. The van der Waals surface area contributed by atoms with E-state index >= 15 is 0 Å². The Morgan fingerprint density at radius 1 is 1.47 bits per heavy atom. The van der Waals surface area contributed by atoms with Crippen molar-refractivity contribution < 1.29 is 14.3 Å². The lowest BCUT2D eigenvalue weighted by Gasteiger charge is -2.35. The zero-order chi connectivity index (χ0) is 13.9. The molecule has 0 N–H and O–H groups in total. The van der Waals surface area contributed by atoms with Crippen LogP contribution < -0.4 is 0 Å². The number of hydrogen-bond donors (Lipinski definition) is 0. The second-order valence-electron chi connectivity index (χ2n) is 5.08. The molecule has 0 bridgehead atoms. The Kier molecular flexibility index (Phi) is 8.84. The number of nitrogens with zero attached hydrogens (tertiary/aromatic N) is 1. The SMILES string of the molecule is [CH2]CCCN1CCOCC1CCCOC(=O)CCC. The zero-order valence-electron chi connectivity index (χ0n) is 12.2. The zero-order valence-corrected chi connectivity index (χ0v) is 12.2. The van der Waals surface area contributed by atoms with E-state index in [9.17, 15) is 4.79 Å². The van der Waals surface area contributed by atoms with Crippen LogP contribution in [0.3, 0.4) is 0 Å². The minimum absolute atomic E-state index is 0.0729. The molecule has 1 rings (SSSR count). The molecule has 4 nitrogen and oxygen atoms in total. The maximum Gasteiger partial charge on any atom is 0.305 e. The molecule has 0 saturated carbocycles. The Morgan fingerprint density at radius 3 is 3.05 bits per heavy atom. The van der Waals surface area contributed by atoms with Crippen molar-refractivity contribution in [3.63, 3.8) is 0 Å². The van der Waals surface area contributed by atoms with Gasteiger partial charge in [-0.25, -0.2) is 0 Å². The molecule has 0 aromatic rings. The van der Waals surface area contributed by atoms with Crippen molar-refractivity contribution in [2.75, 3.05) is 32.9 Å². The molecule has 1 aliphatic rings. The molecule has 1 radical (unpaired) electrons. The topological polar surface area (TPSA) is 38.8 Å². The largest absolute Gasteiger partial charge is 0.466 e. The highest BCUT2D eigenvalue weighted by Gasteiger charge is 2.21. The van der Waals surface area contributed by atoms with Crippen LogP contribution >= 0.6 is 0 Å².